The molecule has 0 atom stereocenters. The molecular formula is C10H14Br2N4. The minimum atomic E-state index is 0.535. The van der Waals surface area contributed by atoms with Gasteiger partial charge in [0.05, 0.1) is 5.69 Å². The molecule has 16 heavy (non-hydrogen) atoms. The molecular weight excluding hydrogens is 336 g/mol. The van der Waals surface area contributed by atoms with Crippen molar-refractivity contribution >= 4 is 43.5 Å². The highest BCUT2D eigenvalue weighted by atomic mass is 79.9. The van der Waals surface area contributed by atoms with E-state index in [1.54, 1.807) is 0 Å². The van der Waals surface area contributed by atoms with Gasteiger partial charge in [-0.1, -0.05) is 0 Å². The zero-order valence-corrected chi connectivity index (χ0v) is 12.3. The van der Waals surface area contributed by atoms with Gasteiger partial charge in [-0.2, -0.15) is 0 Å². The first-order chi connectivity index (χ1) is 7.58. The summed E-state index contributed by atoms with van der Waals surface area (Å²) in [6.07, 6.45) is 0. The molecule has 88 valence electrons. The smallest absolute Gasteiger partial charge is 0.210 e. The molecule has 0 aromatic heterocycles. The van der Waals surface area contributed by atoms with Crippen molar-refractivity contribution in [2.24, 2.45) is 10.8 Å². The number of hydrazine groups is 1. The molecule has 0 saturated heterocycles. The fraction of sp³-hybridized carbons (Fsp3) is 0.300. The zero-order chi connectivity index (χ0) is 12.1. The Morgan fingerprint density at radius 2 is 1.94 bits per heavy atom. The standard InChI is InChI=1S/C10H14Br2N4/c1-3-14-10(16-13)15-9-7(11)4-6(2)5-8(9)12/h4-5H,3,13H2,1-2H3,(H2,14,15,16). The van der Waals surface area contributed by atoms with Crippen molar-refractivity contribution in [2.75, 3.05) is 11.9 Å². The summed E-state index contributed by atoms with van der Waals surface area (Å²) >= 11 is 6.98. The normalized spacial score (nSPS) is 11.4. The third-order valence-corrected chi connectivity index (χ3v) is 3.13. The molecule has 0 amide bonds. The van der Waals surface area contributed by atoms with E-state index in [-0.39, 0.29) is 0 Å². The van der Waals surface area contributed by atoms with Gasteiger partial charge in [0.2, 0.25) is 5.96 Å². The summed E-state index contributed by atoms with van der Waals surface area (Å²) in [6.45, 7) is 4.63. The van der Waals surface area contributed by atoms with Gasteiger partial charge in [-0.25, -0.2) is 5.84 Å². The minimum Gasteiger partial charge on any atom is -0.323 e. The summed E-state index contributed by atoms with van der Waals surface area (Å²) in [5.74, 6) is 5.90. The molecule has 4 nitrogen and oxygen atoms in total. The van der Waals surface area contributed by atoms with Crippen LogP contribution in [0, 0.1) is 6.92 Å². The van der Waals surface area contributed by atoms with E-state index in [1.807, 2.05) is 26.0 Å². The summed E-state index contributed by atoms with van der Waals surface area (Å²) in [7, 11) is 0. The number of anilines is 1. The maximum Gasteiger partial charge on any atom is 0.210 e. The van der Waals surface area contributed by atoms with E-state index in [2.05, 4.69) is 47.6 Å². The molecule has 0 aliphatic heterocycles. The van der Waals surface area contributed by atoms with Gasteiger partial charge in [0.25, 0.3) is 0 Å². The average Bonchev–Trinajstić information content (AvgIpc) is 2.21. The Balaban J connectivity index is 3.01. The maximum atomic E-state index is 5.36. The lowest BCUT2D eigenvalue weighted by molar-refractivity contribution is 0.985. The van der Waals surface area contributed by atoms with Crippen LogP contribution in [0.25, 0.3) is 0 Å². The Morgan fingerprint density at radius 1 is 1.38 bits per heavy atom. The van der Waals surface area contributed by atoms with Gasteiger partial charge in [-0.15, -0.1) is 0 Å². The first kappa shape index (κ1) is 13.5. The molecule has 1 rings (SSSR count). The van der Waals surface area contributed by atoms with E-state index in [0.717, 1.165) is 14.6 Å². The van der Waals surface area contributed by atoms with E-state index in [4.69, 9.17) is 5.84 Å². The van der Waals surface area contributed by atoms with Crippen molar-refractivity contribution in [1.29, 1.82) is 0 Å². The molecule has 0 heterocycles. The molecule has 0 bridgehead atoms. The van der Waals surface area contributed by atoms with E-state index in [9.17, 15) is 0 Å². The fourth-order valence-corrected chi connectivity index (χ4v) is 2.83. The predicted molar refractivity (Wildman–Crippen MR) is 75.5 cm³/mol. The Hall–Kier alpha value is -0.590. The first-order valence-electron chi connectivity index (χ1n) is 4.82. The van der Waals surface area contributed by atoms with Crippen LogP contribution in [0.3, 0.4) is 0 Å². The van der Waals surface area contributed by atoms with Gasteiger partial charge in [0, 0.05) is 15.5 Å². The summed E-state index contributed by atoms with van der Waals surface area (Å²) in [5.41, 5.74) is 4.58. The Kier molecular flexibility index (Phi) is 5.24. The van der Waals surface area contributed by atoms with Crippen LogP contribution in [-0.4, -0.2) is 12.5 Å². The molecule has 4 N–H and O–H groups in total. The van der Waals surface area contributed by atoms with Gasteiger partial charge in [0.15, 0.2) is 0 Å². The van der Waals surface area contributed by atoms with Gasteiger partial charge in [-0.05, 0) is 63.4 Å². The second kappa shape index (κ2) is 6.22. The molecule has 6 heteroatoms. The predicted octanol–water partition coefficient (Wildman–Crippen LogP) is 2.77. The number of aliphatic imine (C=N–C) groups is 1. The molecule has 0 radical (unpaired) electrons. The topological polar surface area (TPSA) is 62.4 Å². The van der Waals surface area contributed by atoms with Gasteiger partial charge >= 0.3 is 0 Å². The van der Waals surface area contributed by atoms with Crippen molar-refractivity contribution < 1.29 is 0 Å². The summed E-state index contributed by atoms with van der Waals surface area (Å²) in [4.78, 5) is 4.17. The SMILES string of the molecule is CCN=C(NN)Nc1c(Br)cc(C)cc1Br. The molecule has 0 spiro atoms. The number of halogens is 2. The lowest BCUT2D eigenvalue weighted by atomic mass is 10.2. The van der Waals surface area contributed by atoms with Gasteiger partial charge < -0.3 is 5.32 Å². The average molecular weight is 350 g/mol. The number of hydrogen-bond donors (Lipinski definition) is 3. The minimum absolute atomic E-state index is 0.535. The van der Waals surface area contributed by atoms with Crippen LogP contribution < -0.4 is 16.6 Å². The summed E-state index contributed by atoms with van der Waals surface area (Å²) in [5, 5.41) is 3.11. The van der Waals surface area contributed by atoms with Crippen molar-refractivity contribution in [2.45, 2.75) is 13.8 Å². The number of aryl methyl sites for hydroxylation is 1. The molecule has 0 unspecified atom stereocenters. The second-order valence-corrected chi connectivity index (χ2v) is 4.90. The highest BCUT2D eigenvalue weighted by molar-refractivity contribution is 9.11. The van der Waals surface area contributed by atoms with E-state index < -0.39 is 0 Å². The number of nitrogens with zero attached hydrogens (tertiary/aromatic N) is 1. The summed E-state index contributed by atoms with van der Waals surface area (Å²) < 4.78 is 1.91. The van der Waals surface area contributed by atoms with Crippen LogP contribution in [0.15, 0.2) is 26.1 Å². The van der Waals surface area contributed by atoms with Crippen LogP contribution in [0.2, 0.25) is 0 Å². The van der Waals surface area contributed by atoms with E-state index in [0.29, 0.717) is 12.5 Å². The molecule has 1 aromatic rings. The number of benzene rings is 1. The summed E-state index contributed by atoms with van der Waals surface area (Å²) in [6, 6.07) is 4.04. The zero-order valence-electron chi connectivity index (χ0n) is 9.14. The highest BCUT2D eigenvalue weighted by Gasteiger charge is 2.07. The first-order valence-corrected chi connectivity index (χ1v) is 6.40. The maximum absolute atomic E-state index is 5.36. The largest absolute Gasteiger partial charge is 0.323 e. The van der Waals surface area contributed by atoms with E-state index >= 15 is 0 Å². The monoisotopic (exact) mass is 348 g/mol. The Morgan fingerprint density at radius 3 is 2.38 bits per heavy atom. The number of hydrogen-bond acceptors (Lipinski definition) is 2. The molecule has 1 aromatic carbocycles. The Labute approximate surface area is 112 Å². The van der Waals surface area contributed by atoms with E-state index in [1.165, 1.54) is 5.56 Å². The van der Waals surface area contributed by atoms with Crippen molar-refractivity contribution in [3.63, 3.8) is 0 Å². The van der Waals surface area contributed by atoms with Crippen LogP contribution in [0.5, 0.6) is 0 Å². The molecule has 0 fully saturated rings. The number of nitrogens with two attached hydrogens (primary N) is 1. The van der Waals surface area contributed by atoms with Crippen LogP contribution in [0.1, 0.15) is 12.5 Å². The van der Waals surface area contributed by atoms with Gasteiger partial charge in [0.1, 0.15) is 0 Å². The fourth-order valence-electron chi connectivity index (χ4n) is 1.22. The molecule has 0 aliphatic rings. The lowest BCUT2D eigenvalue weighted by Gasteiger charge is -2.13. The van der Waals surface area contributed by atoms with Crippen molar-refractivity contribution in [1.82, 2.24) is 5.43 Å². The lowest BCUT2D eigenvalue weighted by Crippen LogP contribution is -2.36. The Bertz CT molecular complexity index is 381. The van der Waals surface area contributed by atoms with Crippen LogP contribution in [-0.2, 0) is 0 Å². The molecule has 0 saturated carbocycles. The number of nitrogens with one attached hydrogen (secondary N) is 2. The number of rotatable bonds is 2. The third-order valence-electron chi connectivity index (χ3n) is 1.88. The quantitative estimate of drug-likeness (QED) is 0.333. The van der Waals surface area contributed by atoms with Crippen LogP contribution in [0.4, 0.5) is 5.69 Å². The number of guanidine groups is 1. The van der Waals surface area contributed by atoms with Crippen LogP contribution >= 0.6 is 31.9 Å². The second-order valence-electron chi connectivity index (χ2n) is 3.20. The van der Waals surface area contributed by atoms with Crippen molar-refractivity contribution in [3.05, 3.63) is 26.6 Å². The molecule has 0 aliphatic carbocycles. The third kappa shape index (κ3) is 3.47. The van der Waals surface area contributed by atoms with Crippen molar-refractivity contribution in [3.8, 4) is 0 Å². The highest BCUT2D eigenvalue weighted by Crippen LogP contribution is 2.32. The van der Waals surface area contributed by atoms with Gasteiger partial charge in [-0.3, -0.25) is 10.4 Å².